The predicted octanol–water partition coefficient (Wildman–Crippen LogP) is 2.38. The molecular formula is C13H16FN3O. The van der Waals surface area contributed by atoms with Crippen molar-refractivity contribution < 1.29 is 9.13 Å². The van der Waals surface area contributed by atoms with Crippen LogP contribution in [0.15, 0.2) is 24.3 Å². The van der Waals surface area contributed by atoms with Gasteiger partial charge in [-0.05, 0) is 26.1 Å². The van der Waals surface area contributed by atoms with Gasteiger partial charge in [-0.25, -0.2) is 9.07 Å². The van der Waals surface area contributed by atoms with Gasteiger partial charge in [0.05, 0.1) is 11.3 Å². The standard InChI is InChI=1S/C13H16FN3O/c1-9-12(8-15-2)13(17(3)16-9)18-11-6-4-5-10(14)7-11/h4-7,15H,8H2,1-3H3. The first-order valence-electron chi connectivity index (χ1n) is 5.72. The normalized spacial score (nSPS) is 10.7. The third-order valence-electron chi connectivity index (χ3n) is 2.65. The van der Waals surface area contributed by atoms with Crippen LogP contribution in [0, 0.1) is 12.7 Å². The van der Waals surface area contributed by atoms with E-state index in [2.05, 4.69) is 10.4 Å². The molecule has 0 saturated heterocycles. The highest BCUT2D eigenvalue weighted by Crippen LogP contribution is 2.27. The molecule has 0 spiro atoms. The second kappa shape index (κ2) is 5.18. The van der Waals surface area contributed by atoms with E-state index >= 15 is 0 Å². The summed E-state index contributed by atoms with van der Waals surface area (Å²) in [6.07, 6.45) is 0. The zero-order valence-corrected chi connectivity index (χ0v) is 10.7. The first-order valence-corrected chi connectivity index (χ1v) is 5.72. The third kappa shape index (κ3) is 2.51. The Bertz CT molecular complexity index is 551. The monoisotopic (exact) mass is 249 g/mol. The molecule has 0 saturated carbocycles. The predicted molar refractivity (Wildman–Crippen MR) is 67.2 cm³/mol. The van der Waals surface area contributed by atoms with Crippen LogP contribution in [0.5, 0.6) is 11.6 Å². The fourth-order valence-electron chi connectivity index (χ4n) is 1.83. The number of halogens is 1. The molecule has 1 aromatic heterocycles. The van der Waals surface area contributed by atoms with E-state index in [0.717, 1.165) is 11.3 Å². The summed E-state index contributed by atoms with van der Waals surface area (Å²) in [5.74, 6) is 0.782. The molecule has 0 radical (unpaired) electrons. The number of hydrogen-bond acceptors (Lipinski definition) is 3. The minimum atomic E-state index is -0.318. The smallest absolute Gasteiger partial charge is 0.222 e. The molecule has 1 aromatic carbocycles. The molecule has 0 unspecified atom stereocenters. The zero-order chi connectivity index (χ0) is 13.1. The summed E-state index contributed by atoms with van der Waals surface area (Å²) in [6, 6.07) is 6.07. The van der Waals surface area contributed by atoms with Crippen molar-refractivity contribution in [3.63, 3.8) is 0 Å². The fourth-order valence-corrected chi connectivity index (χ4v) is 1.83. The lowest BCUT2D eigenvalue weighted by atomic mass is 10.2. The Morgan fingerprint density at radius 2 is 2.22 bits per heavy atom. The van der Waals surface area contributed by atoms with Crippen LogP contribution in [0.1, 0.15) is 11.3 Å². The molecule has 1 N–H and O–H groups in total. The van der Waals surface area contributed by atoms with Crippen molar-refractivity contribution in [2.75, 3.05) is 7.05 Å². The Labute approximate surface area is 105 Å². The van der Waals surface area contributed by atoms with E-state index in [9.17, 15) is 4.39 Å². The van der Waals surface area contributed by atoms with Crippen LogP contribution in [-0.2, 0) is 13.6 Å². The molecule has 1 heterocycles. The first kappa shape index (κ1) is 12.6. The number of benzene rings is 1. The van der Waals surface area contributed by atoms with Gasteiger partial charge in [-0.3, -0.25) is 0 Å². The molecule has 0 aliphatic carbocycles. The molecule has 0 atom stereocenters. The molecule has 0 fully saturated rings. The van der Waals surface area contributed by atoms with Crippen molar-refractivity contribution >= 4 is 0 Å². The van der Waals surface area contributed by atoms with Gasteiger partial charge in [0.1, 0.15) is 11.6 Å². The summed E-state index contributed by atoms with van der Waals surface area (Å²) < 4.78 is 20.5. The van der Waals surface area contributed by atoms with Gasteiger partial charge in [-0.2, -0.15) is 5.10 Å². The molecule has 2 rings (SSSR count). The lowest BCUT2D eigenvalue weighted by Gasteiger charge is -2.08. The van der Waals surface area contributed by atoms with E-state index in [1.54, 1.807) is 23.9 Å². The van der Waals surface area contributed by atoms with E-state index in [1.807, 2.05) is 14.0 Å². The van der Waals surface area contributed by atoms with Gasteiger partial charge >= 0.3 is 0 Å². The number of rotatable bonds is 4. The second-order valence-electron chi connectivity index (χ2n) is 4.08. The van der Waals surface area contributed by atoms with Crippen molar-refractivity contribution in [3.05, 3.63) is 41.3 Å². The van der Waals surface area contributed by atoms with Crippen LogP contribution >= 0.6 is 0 Å². The fraction of sp³-hybridized carbons (Fsp3) is 0.308. The molecule has 0 bridgehead atoms. The SMILES string of the molecule is CNCc1c(C)nn(C)c1Oc1cccc(F)c1. The number of nitrogens with zero attached hydrogens (tertiary/aromatic N) is 2. The van der Waals surface area contributed by atoms with Crippen molar-refractivity contribution in [3.8, 4) is 11.6 Å². The summed E-state index contributed by atoms with van der Waals surface area (Å²) in [6.45, 7) is 2.58. The summed E-state index contributed by atoms with van der Waals surface area (Å²) in [7, 11) is 3.67. The number of nitrogens with one attached hydrogen (secondary N) is 1. The molecule has 4 nitrogen and oxygen atoms in total. The maximum Gasteiger partial charge on any atom is 0.222 e. The van der Waals surface area contributed by atoms with Gasteiger partial charge in [0, 0.05) is 19.7 Å². The Morgan fingerprint density at radius 3 is 2.89 bits per heavy atom. The molecule has 0 aliphatic rings. The van der Waals surface area contributed by atoms with Gasteiger partial charge in [0.2, 0.25) is 5.88 Å². The minimum Gasteiger partial charge on any atom is -0.439 e. The van der Waals surface area contributed by atoms with Gasteiger partial charge in [-0.15, -0.1) is 0 Å². The van der Waals surface area contributed by atoms with E-state index < -0.39 is 0 Å². The number of aromatic nitrogens is 2. The number of ether oxygens (including phenoxy) is 1. The summed E-state index contributed by atoms with van der Waals surface area (Å²) in [5.41, 5.74) is 1.88. The molecule has 0 amide bonds. The van der Waals surface area contributed by atoms with Crippen molar-refractivity contribution in [1.29, 1.82) is 0 Å². The number of aryl methyl sites for hydroxylation is 2. The van der Waals surface area contributed by atoms with Crippen LogP contribution in [0.25, 0.3) is 0 Å². The lowest BCUT2D eigenvalue weighted by Crippen LogP contribution is -2.07. The van der Waals surface area contributed by atoms with Crippen LogP contribution in [0.4, 0.5) is 4.39 Å². The van der Waals surface area contributed by atoms with E-state index in [-0.39, 0.29) is 5.82 Å². The van der Waals surface area contributed by atoms with Gasteiger partial charge in [0.15, 0.2) is 0 Å². The minimum absolute atomic E-state index is 0.318. The zero-order valence-electron chi connectivity index (χ0n) is 10.7. The maximum absolute atomic E-state index is 13.1. The van der Waals surface area contributed by atoms with E-state index in [1.165, 1.54) is 12.1 Å². The van der Waals surface area contributed by atoms with Gasteiger partial charge < -0.3 is 10.1 Å². The maximum atomic E-state index is 13.1. The highest BCUT2D eigenvalue weighted by Gasteiger charge is 2.14. The van der Waals surface area contributed by atoms with Crippen LogP contribution < -0.4 is 10.1 Å². The summed E-state index contributed by atoms with van der Waals surface area (Å²) in [4.78, 5) is 0. The topological polar surface area (TPSA) is 39.1 Å². The largest absolute Gasteiger partial charge is 0.439 e. The molecular weight excluding hydrogens is 233 g/mol. The molecule has 18 heavy (non-hydrogen) atoms. The van der Waals surface area contributed by atoms with Crippen molar-refractivity contribution in [1.82, 2.24) is 15.1 Å². The molecule has 0 aliphatic heterocycles. The Balaban J connectivity index is 2.33. The second-order valence-corrected chi connectivity index (χ2v) is 4.08. The quantitative estimate of drug-likeness (QED) is 0.904. The van der Waals surface area contributed by atoms with Gasteiger partial charge in [0.25, 0.3) is 0 Å². The van der Waals surface area contributed by atoms with Crippen LogP contribution in [-0.4, -0.2) is 16.8 Å². The summed E-state index contributed by atoms with van der Waals surface area (Å²) >= 11 is 0. The van der Waals surface area contributed by atoms with E-state index in [0.29, 0.717) is 18.2 Å². The Hall–Kier alpha value is -1.88. The third-order valence-corrected chi connectivity index (χ3v) is 2.65. The lowest BCUT2D eigenvalue weighted by molar-refractivity contribution is 0.421. The molecule has 5 heteroatoms. The summed E-state index contributed by atoms with van der Waals surface area (Å²) in [5, 5.41) is 7.37. The Kier molecular flexibility index (Phi) is 3.62. The van der Waals surface area contributed by atoms with Gasteiger partial charge in [-0.1, -0.05) is 6.07 Å². The van der Waals surface area contributed by atoms with Crippen LogP contribution in [0.2, 0.25) is 0 Å². The average molecular weight is 249 g/mol. The number of hydrogen-bond donors (Lipinski definition) is 1. The molecule has 96 valence electrons. The molecule has 2 aromatic rings. The highest BCUT2D eigenvalue weighted by atomic mass is 19.1. The first-order chi connectivity index (χ1) is 8.61. The van der Waals surface area contributed by atoms with Crippen molar-refractivity contribution in [2.45, 2.75) is 13.5 Å². The van der Waals surface area contributed by atoms with Crippen LogP contribution in [0.3, 0.4) is 0 Å². The average Bonchev–Trinajstić information content (AvgIpc) is 2.57. The van der Waals surface area contributed by atoms with Crippen molar-refractivity contribution in [2.24, 2.45) is 7.05 Å². The highest BCUT2D eigenvalue weighted by molar-refractivity contribution is 5.35. The Morgan fingerprint density at radius 1 is 1.44 bits per heavy atom. The van der Waals surface area contributed by atoms with E-state index in [4.69, 9.17) is 4.74 Å².